The van der Waals surface area contributed by atoms with Crippen molar-refractivity contribution in [3.63, 3.8) is 0 Å². The summed E-state index contributed by atoms with van der Waals surface area (Å²) in [5.74, 6) is 1.59. The number of rotatable bonds is 20. The minimum atomic E-state index is 1.21. The van der Waals surface area contributed by atoms with Gasteiger partial charge in [0.05, 0.1) is 13.1 Å². The molecule has 0 saturated carbocycles. The fourth-order valence-corrected chi connectivity index (χ4v) is 4.20. The molecule has 0 spiro atoms. The smallest absolute Gasteiger partial charge is 0.234 e. The van der Waals surface area contributed by atoms with Crippen molar-refractivity contribution in [2.45, 2.75) is 149 Å². The summed E-state index contributed by atoms with van der Waals surface area (Å²) in [6.07, 6.45) is 29.6. The van der Waals surface area contributed by atoms with Crippen LogP contribution in [0.15, 0.2) is 12.4 Å². The normalized spacial score (nSPS) is 11.4. The molecule has 28 heavy (non-hydrogen) atoms. The predicted molar refractivity (Wildman–Crippen MR) is 124 cm³/mol. The zero-order valence-corrected chi connectivity index (χ0v) is 19.7. The van der Waals surface area contributed by atoms with E-state index in [9.17, 15) is 0 Å². The number of aryl methyl sites for hydroxylation is 2. The molecule has 0 fully saturated rings. The largest absolute Gasteiger partial charge is 0.256 e. The lowest BCUT2D eigenvalue weighted by molar-refractivity contribution is -0.704. The summed E-state index contributed by atoms with van der Waals surface area (Å²) in [6, 6.07) is 0. The fourth-order valence-electron chi connectivity index (χ4n) is 4.20. The second-order valence-electron chi connectivity index (χ2n) is 8.80. The first-order valence-corrected chi connectivity index (χ1v) is 12.9. The molecule has 0 unspecified atom stereocenters. The third kappa shape index (κ3) is 11.9. The lowest BCUT2D eigenvalue weighted by Gasteiger charge is -2.06. The van der Waals surface area contributed by atoms with Gasteiger partial charge in [0.1, 0.15) is 12.4 Å². The Morgan fingerprint density at radius 1 is 0.607 bits per heavy atom. The van der Waals surface area contributed by atoms with Gasteiger partial charge in [-0.25, -0.2) is 9.13 Å². The van der Waals surface area contributed by atoms with Crippen LogP contribution in [-0.4, -0.2) is 4.57 Å². The number of imidazole rings is 1. The molecule has 0 radical (unpaired) electrons. The molecule has 1 rings (SSSR count). The van der Waals surface area contributed by atoms with Crippen LogP contribution in [0.1, 0.15) is 136 Å². The summed E-state index contributed by atoms with van der Waals surface area (Å²) in [5, 5.41) is 0. The minimum Gasteiger partial charge on any atom is -0.234 e. The molecule has 164 valence electrons. The van der Waals surface area contributed by atoms with Crippen LogP contribution < -0.4 is 4.57 Å². The fraction of sp³-hybridized carbons (Fsp3) is 0.885. The highest BCUT2D eigenvalue weighted by Crippen LogP contribution is 2.12. The van der Waals surface area contributed by atoms with Crippen LogP contribution in [0.5, 0.6) is 0 Å². The molecular weight excluding hydrogens is 340 g/mol. The summed E-state index contributed by atoms with van der Waals surface area (Å²) in [4.78, 5) is 0. The minimum absolute atomic E-state index is 1.21. The number of hydrogen-bond donors (Lipinski definition) is 0. The van der Waals surface area contributed by atoms with Crippen molar-refractivity contribution in [2.75, 3.05) is 0 Å². The third-order valence-corrected chi connectivity index (χ3v) is 6.10. The molecule has 0 aliphatic heterocycles. The Hall–Kier alpha value is -0.790. The Balaban J connectivity index is 2.38. The van der Waals surface area contributed by atoms with Crippen LogP contribution >= 0.6 is 0 Å². The first kappa shape index (κ1) is 25.2. The van der Waals surface area contributed by atoms with Crippen LogP contribution in [0, 0.1) is 0 Å². The molecule has 0 N–H and O–H groups in total. The van der Waals surface area contributed by atoms with E-state index in [1.807, 2.05) is 0 Å². The summed E-state index contributed by atoms with van der Waals surface area (Å²) in [5.41, 5.74) is 0. The second-order valence-corrected chi connectivity index (χ2v) is 8.80. The summed E-state index contributed by atoms with van der Waals surface area (Å²) < 4.78 is 5.14. The lowest BCUT2D eigenvalue weighted by atomic mass is 10.1. The Kier molecular flexibility index (Phi) is 16.5. The van der Waals surface area contributed by atoms with Crippen molar-refractivity contribution in [3.05, 3.63) is 18.2 Å². The molecule has 0 atom stereocenters. The van der Waals surface area contributed by atoms with Crippen LogP contribution in [0.25, 0.3) is 0 Å². The van der Waals surface area contributed by atoms with E-state index in [1.165, 1.54) is 129 Å². The Morgan fingerprint density at radius 2 is 1.11 bits per heavy atom. The zero-order valence-electron chi connectivity index (χ0n) is 19.7. The molecule has 2 heteroatoms. The van der Waals surface area contributed by atoms with E-state index >= 15 is 0 Å². The Labute approximate surface area is 177 Å². The maximum absolute atomic E-state index is 2.58. The Morgan fingerprint density at radius 3 is 1.71 bits per heavy atom. The third-order valence-electron chi connectivity index (χ3n) is 6.10. The average Bonchev–Trinajstić information content (AvgIpc) is 3.08. The standard InChI is InChI=1S/C26H51N2/c1-4-7-10-12-14-15-16-18-21-26-27(22-19-9-6-3)24-25-28(26)23-20-17-13-11-8-5-2/h24-25H,4-23H2,1-3H3/q+1. The SMILES string of the molecule is CCCCCCCCCCc1n(CCCCCCCC)cc[n+]1CCCCC. The van der Waals surface area contributed by atoms with Crippen molar-refractivity contribution in [2.24, 2.45) is 0 Å². The summed E-state index contributed by atoms with van der Waals surface area (Å²) in [6.45, 7) is 9.34. The van der Waals surface area contributed by atoms with Gasteiger partial charge in [-0.3, -0.25) is 0 Å². The molecule has 0 bridgehead atoms. The van der Waals surface area contributed by atoms with Crippen LogP contribution in [0.2, 0.25) is 0 Å². The maximum Gasteiger partial charge on any atom is 0.256 e. The molecule has 2 nitrogen and oxygen atoms in total. The zero-order chi connectivity index (χ0) is 20.3. The summed E-state index contributed by atoms with van der Waals surface area (Å²) >= 11 is 0. The van der Waals surface area contributed by atoms with Gasteiger partial charge in [-0.1, -0.05) is 97.8 Å². The van der Waals surface area contributed by atoms with Gasteiger partial charge in [-0.15, -0.1) is 0 Å². The van der Waals surface area contributed by atoms with Gasteiger partial charge < -0.3 is 0 Å². The first-order valence-electron chi connectivity index (χ1n) is 12.9. The molecule has 0 saturated heterocycles. The number of aromatic nitrogens is 2. The van der Waals surface area contributed by atoms with Crippen molar-refractivity contribution < 1.29 is 4.57 Å². The van der Waals surface area contributed by atoms with E-state index in [1.54, 1.807) is 5.82 Å². The predicted octanol–water partition coefficient (Wildman–Crippen LogP) is 8.01. The van der Waals surface area contributed by atoms with E-state index in [2.05, 4.69) is 42.3 Å². The quantitative estimate of drug-likeness (QED) is 0.157. The van der Waals surface area contributed by atoms with Crippen molar-refractivity contribution in [3.8, 4) is 0 Å². The monoisotopic (exact) mass is 391 g/mol. The average molecular weight is 392 g/mol. The lowest BCUT2D eigenvalue weighted by Crippen LogP contribution is -2.37. The topological polar surface area (TPSA) is 8.81 Å². The molecule has 0 aromatic carbocycles. The van der Waals surface area contributed by atoms with Gasteiger partial charge in [0.2, 0.25) is 0 Å². The number of nitrogens with zero attached hydrogens (tertiary/aromatic N) is 2. The highest BCUT2D eigenvalue weighted by Gasteiger charge is 2.16. The van der Waals surface area contributed by atoms with E-state index in [0.29, 0.717) is 0 Å². The van der Waals surface area contributed by atoms with E-state index < -0.39 is 0 Å². The molecule has 1 aromatic heterocycles. The van der Waals surface area contributed by atoms with Gasteiger partial charge in [0.25, 0.3) is 5.82 Å². The molecule has 0 aliphatic rings. The van der Waals surface area contributed by atoms with Crippen molar-refractivity contribution >= 4 is 0 Å². The molecule has 0 aliphatic carbocycles. The second kappa shape index (κ2) is 18.3. The molecule has 1 heterocycles. The van der Waals surface area contributed by atoms with Gasteiger partial charge in [0.15, 0.2) is 0 Å². The number of unbranched alkanes of at least 4 members (excludes halogenated alkanes) is 14. The highest BCUT2D eigenvalue weighted by molar-refractivity contribution is 4.84. The summed E-state index contributed by atoms with van der Waals surface area (Å²) in [7, 11) is 0. The van der Waals surface area contributed by atoms with E-state index in [0.717, 1.165) is 0 Å². The van der Waals surface area contributed by atoms with Crippen molar-refractivity contribution in [1.82, 2.24) is 4.57 Å². The molecule has 0 amide bonds. The van der Waals surface area contributed by atoms with Gasteiger partial charge >= 0.3 is 0 Å². The highest BCUT2D eigenvalue weighted by atomic mass is 15.1. The van der Waals surface area contributed by atoms with Gasteiger partial charge in [-0.2, -0.15) is 0 Å². The Bertz CT molecular complexity index is 449. The number of hydrogen-bond acceptors (Lipinski definition) is 0. The van der Waals surface area contributed by atoms with E-state index in [4.69, 9.17) is 0 Å². The maximum atomic E-state index is 2.58. The van der Waals surface area contributed by atoms with Gasteiger partial charge in [-0.05, 0) is 32.1 Å². The molecule has 1 aromatic rings. The van der Waals surface area contributed by atoms with Crippen LogP contribution in [0.4, 0.5) is 0 Å². The van der Waals surface area contributed by atoms with Crippen LogP contribution in [0.3, 0.4) is 0 Å². The van der Waals surface area contributed by atoms with Crippen LogP contribution in [-0.2, 0) is 19.5 Å². The first-order chi connectivity index (χ1) is 13.8. The van der Waals surface area contributed by atoms with E-state index in [-0.39, 0.29) is 0 Å². The van der Waals surface area contributed by atoms with Crippen molar-refractivity contribution in [1.29, 1.82) is 0 Å². The van der Waals surface area contributed by atoms with Gasteiger partial charge in [0, 0.05) is 6.42 Å². The molecular formula is C26H51N2+.